The lowest BCUT2D eigenvalue weighted by atomic mass is 9.93. The van der Waals surface area contributed by atoms with Gasteiger partial charge in [0.15, 0.2) is 20.2 Å². The van der Waals surface area contributed by atoms with Crippen LogP contribution in [-0.4, -0.2) is 39.2 Å². The number of carbonyl (C=O) groups is 1. The summed E-state index contributed by atoms with van der Waals surface area (Å²) in [6, 6.07) is 9.58. The molecule has 0 saturated carbocycles. The van der Waals surface area contributed by atoms with E-state index in [9.17, 15) is 9.59 Å². The smallest absolute Gasteiger partial charge is 0.188 e. The Hall–Kier alpha value is -2.51. The molecule has 37 heavy (non-hydrogen) atoms. The Kier molecular flexibility index (Phi) is 9.70. The quantitative estimate of drug-likeness (QED) is 0.227. The molecule has 204 valence electrons. The number of ketones is 1. The highest BCUT2D eigenvalue weighted by molar-refractivity contribution is 6.72. The summed E-state index contributed by atoms with van der Waals surface area (Å²) in [6.07, 6.45) is 4.16. The molecule has 6 nitrogen and oxygen atoms in total. The van der Waals surface area contributed by atoms with Crippen molar-refractivity contribution in [3.8, 4) is 23.0 Å². The van der Waals surface area contributed by atoms with Crippen molar-refractivity contribution in [3.63, 3.8) is 0 Å². The van der Waals surface area contributed by atoms with Crippen molar-refractivity contribution in [1.29, 1.82) is 0 Å². The van der Waals surface area contributed by atoms with Crippen molar-refractivity contribution in [1.82, 2.24) is 0 Å². The second-order valence-electron chi connectivity index (χ2n) is 11.1. The van der Waals surface area contributed by atoms with E-state index < -0.39 is 14.4 Å². The summed E-state index contributed by atoms with van der Waals surface area (Å²) in [5.74, 6) is 2.66. The molecule has 0 unspecified atom stereocenters. The molecular weight excluding hydrogens is 484 g/mol. The van der Waals surface area contributed by atoms with Crippen LogP contribution in [0.4, 0.5) is 0 Å². The van der Waals surface area contributed by atoms with Crippen molar-refractivity contribution in [2.45, 2.75) is 90.5 Å². The van der Waals surface area contributed by atoms with Crippen LogP contribution in [-0.2, 0) is 17.6 Å². The number of hydrogen-bond acceptors (Lipinski definition) is 6. The van der Waals surface area contributed by atoms with E-state index in [2.05, 4.69) is 27.7 Å². The number of hydrogen-bond donors (Lipinski definition) is 1. The van der Waals surface area contributed by atoms with Gasteiger partial charge in [0.25, 0.3) is 0 Å². The molecule has 2 aromatic carbocycles. The van der Waals surface area contributed by atoms with Crippen LogP contribution in [0.3, 0.4) is 0 Å². The molecule has 3 rings (SSSR count). The van der Waals surface area contributed by atoms with Crippen LogP contribution in [0.1, 0.15) is 76.2 Å². The lowest BCUT2D eigenvalue weighted by Gasteiger charge is -2.35. The Balaban J connectivity index is 1.91. The van der Waals surface area contributed by atoms with Crippen molar-refractivity contribution in [2.75, 3.05) is 20.3 Å². The van der Waals surface area contributed by atoms with E-state index in [0.29, 0.717) is 42.6 Å². The van der Waals surface area contributed by atoms with Crippen LogP contribution in [0, 0.1) is 0 Å². The van der Waals surface area contributed by atoms with Gasteiger partial charge in [-0.3, -0.25) is 4.79 Å². The normalized spacial score (nSPS) is 15.7. The zero-order valence-corrected chi connectivity index (χ0v) is 24.6. The van der Waals surface area contributed by atoms with E-state index >= 15 is 0 Å². The molecule has 0 radical (unpaired) electrons. The molecular formula is C30H44O6Si. The van der Waals surface area contributed by atoms with Crippen molar-refractivity contribution in [2.24, 2.45) is 0 Å². The number of benzene rings is 2. The molecule has 0 aliphatic carbocycles. The number of fused-ring (bicyclic) bond motifs is 1. The van der Waals surface area contributed by atoms with Crippen molar-refractivity contribution >= 4 is 14.1 Å². The predicted octanol–water partition coefficient (Wildman–Crippen LogP) is 6.82. The van der Waals surface area contributed by atoms with Gasteiger partial charge in [0.2, 0.25) is 0 Å². The Morgan fingerprint density at radius 2 is 1.70 bits per heavy atom. The first kappa shape index (κ1) is 29.0. The standard InChI is InChI=1S/C30H44O6Si/c1-8-10-14-34-23-17-27(35-15-11-9-2)24-19-25(31)29(36-28(24)18-23)21-12-13-22(26(16-21)33-5)20-30(3,4)37(6,7)32/h12-13,16-18,29,32H,8-11,14-15,19-20H2,1-7H3/t29-/m1/s1. The van der Waals surface area contributed by atoms with Gasteiger partial charge in [-0.25, -0.2) is 0 Å². The third kappa shape index (κ3) is 7.08. The van der Waals surface area contributed by atoms with Crippen molar-refractivity contribution in [3.05, 3.63) is 47.0 Å². The van der Waals surface area contributed by atoms with Gasteiger partial charge in [0.05, 0.1) is 20.3 Å². The fraction of sp³-hybridized carbons (Fsp3) is 0.567. The molecule has 1 atom stereocenters. The van der Waals surface area contributed by atoms with Gasteiger partial charge in [-0.2, -0.15) is 0 Å². The molecule has 0 bridgehead atoms. The SMILES string of the molecule is CCCCOc1cc(OCCCC)c2c(c1)O[C@H](c1ccc(CC(C)(C)[Si](C)(C)O)c(OC)c1)C(=O)C2. The first-order valence-corrected chi connectivity index (χ1v) is 16.5. The van der Waals surface area contributed by atoms with Crippen LogP contribution >= 0.6 is 0 Å². The molecule has 0 saturated heterocycles. The van der Waals surface area contributed by atoms with Gasteiger partial charge in [-0.05, 0) is 49.0 Å². The lowest BCUT2D eigenvalue weighted by molar-refractivity contribution is -0.126. The average molecular weight is 529 g/mol. The van der Waals surface area contributed by atoms with E-state index in [1.807, 2.05) is 43.4 Å². The van der Waals surface area contributed by atoms with E-state index in [4.69, 9.17) is 18.9 Å². The minimum atomic E-state index is -2.39. The van der Waals surface area contributed by atoms with Gasteiger partial charge in [0, 0.05) is 29.7 Å². The highest BCUT2D eigenvalue weighted by Gasteiger charge is 2.39. The van der Waals surface area contributed by atoms with Gasteiger partial charge >= 0.3 is 0 Å². The fourth-order valence-corrected chi connectivity index (χ4v) is 4.85. The molecule has 0 amide bonds. The van der Waals surface area contributed by atoms with E-state index in [0.717, 1.165) is 42.4 Å². The maximum absolute atomic E-state index is 13.3. The van der Waals surface area contributed by atoms with Gasteiger partial charge in [0.1, 0.15) is 23.0 Å². The number of carbonyl (C=O) groups excluding carboxylic acids is 1. The molecule has 0 aromatic heterocycles. The summed E-state index contributed by atoms with van der Waals surface area (Å²) < 4.78 is 24.1. The van der Waals surface area contributed by atoms with Crippen LogP contribution in [0.2, 0.25) is 18.1 Å². The first-order valence-electron chi connectivity index (χ1n) is 13.5. The lowest BCUT2D eigenvalue weighted by Crippen LogP contribution is -2.40. The highest BCUT2D eigenvalue weighted by atomic mass is 28.4. The van der Waals surface area contributed by atoms with E-state index in [1.165, 1.54) is 0 Å². The van der Waals surface area contributed by atoms with Crippen LogP contribution in [0.5, 0.6) is 23.0 Å². The maximum atomic E-state index is 13.3. The second-order valence-corrected chi connectivity index (χ2v) is 15.6. The van der Waals surface area contributed by atoms with E-state index in [1.54, 1.807) is 7.11 Å². The van der Waals surface area contributed by atoms with Gasteiger partial charge in [-0.15, -0.1) is 0 Å². The number of methoxy groups -OCH3 is 1. The van der Waals surface area contributed by atoms with E-state index in [-0.39, 0.29) is 17.2 Å². The molecule has 1 N–H and O–H groups in total. The Bertz CT molecular complexity index is 1070. The fourth-order valence-electron chi connectivity index (χ4n) is 4.22. The summed E-state index contributed by atoms with van der Waals surface area (Å²) in [6.45, 7) is 13.6. The molecule has 0 fully saturated rings. The van der Waals surface area contributed by atoms with Gasteiger partial charge < -0.3 is 23.7 Å². The summed E-state index contributed by atoms with van der Waals surface area (Å²) in [4.78, 5) is 24.1. The molecule has 0 spiro atoms. The monoisotopic (exact) mass is 528 g/mol. The number of rotatable bonds is 13. The zero-order chi connectivity index (χ0) is 27.2. The average Bonchev–Trinajstić information content (AvgIpc) is 2.84. The largest absolute Gasteiger partial charge is 0.496 e. The van der Waals surface area contributed by atoms with Crippen molar-refractivity contribution < 1.29 is 28.5 Å². The minimum Gasteiger partial charge on any atom is -0.496 e. The van der Waals surface area contributed by atoms with Crippen LogP contribution in [0.15, 0.2) is 30.3 Å². The Morgan fingerprint density at radius 3 is 2.32 bits per heavy atom. The number of unbranched alkanes of at least 4 members (excludes halogenated alkanes) is 2. The zero-order valence-electron chi connectivity index (χ0n) is 23.6. The first-order chi connectivity index (χ1) is 17.5. The van der Waals surface area contributed by atoms with Gasteiger partial charge in [-0.1, -0.05) is 52.7 Å². The Morgan fingerprint density at radius 1 is 1.03 bits per heavy atom. The van der Waals surface area contributed by atoms with Crippen LogP contribution in [0.25, 0.3) is 0 Å². The topological polar surface area (TPSA) is 74.2 Å². The summed E-state index contributed by atoms with van der Waals surface area (Å²) >= 11 is 0. The van der Waals surface area contributed by atoms with Crippen LogP contribution < -0.4 is 18.9 Å². The third-order valence-electron chi connectivity index (χ3n) is 7.45. The minimum absolute atomic E-state index is 0.0217. The Labute approximate surface area is 223 Å². The molecule has 7 heteroatoms. The second kappa shape index (κ2) is 12.4. The number of ether oxygens (including phenoxy) is 4. The third-order valence-corrected chi connectivity index (χ3v) is 10.9. The maximum Gasteiger partial charge on any atom is 0.188 e. The molecule has 1 heterocycles. The molecule has 1 aliphatic rings. The molecule has 2 aromatic rings. The summed E-state index contributed by atoms with van der Waals surface area (Å²) in [5.41, 5.74) is 2.54. The predicted molar refractivity (Wildman–Crippen MR) is 150 cm³/mol. The number of Topliss-reactive ketones (excluding diaryl/α,β-unsaturated/α-hetero) is 1. The molecule has 1 aliphatic heterocycles. The summed E-state index contributed by atoms with van der Waals surface area (Å²) in [5, 5.41) is -0.236. The highest BCUT2D eigenvalue weighted by Crippen LogP contribution is 2.44. The summed E-state index contributed by atoms with van der Waals surface area (Å²) in [7, 11) is -0.759.